The summed E-state index contributed by atoms with van der Waals surface area (Å²) in [4.78, 5) is 0.360. The minimum atomic E-state index is -3.47. The number of rotatable bonds is 3. The number of hydrogen-bond acceptors (Lipinski definition) is 3. The molecule has 6 heteroatoms. The maximum atomic E-state index is 12.5. The standard InChI is InChI=1S/C14H15IN2O2S/c1-10-6-7-13-11(9-10)14(15)12(5-3-4-8-16)17(2)20(13,18)19/h6-7,9H,3-5H2,1-2H3. The lowest BCUT2D eigenvalue weighted by Crippen LogP contribution is -2.30. The van der Waals surface area contributed by atoms with Crippen molar-refractivity contribution in [2.45, 2.75) is 31.1 Å². The Labute approximate surface area is 133 Å². The fourth-order valence-electron chi connectivity index (χ4n) is 2.23. The smallest absolute Gasteiger partial charge is 0.264 e. The Bertz CT molecular complexity index is 717. The van der Waals surface area contributed by atoms with E-state index in [9.17, 15) is 8.42 Å². The van der Waals surface area contributed by atoms with Crippen LogP contribution in [0.5, 0.6) is 0 Å². The molecule has 0 N–H and O–H groups in total. The number of nitrogens with zero attached hydrogens (tertiary/aromatic N) is 2. The maximum Gasteiger partial charge on any atom is 0.264 e. The van der Waals surface area contributed by atoms with Crippen LogP contribution in [0, 0.1) is 18.3 Å². The number of sulfonamides is 1. The minimum absolute atomic E-state index is 0.360. The Morgan fingerprint density at radius 1 is 1.40 bits per heavy atom. The molecule has 1 aliphatic heterocycles. The Balaban J connectivity index is 2.57. The summed E-state index contributed by atoms with van der Waals surface area (Å²) in [6.07, 6.45) is 1.69. The lowest BCUT2D eigenvalue weighted by Gasteiger charge is -2.30. The Kier molecular flexibility index (Phi) is 4.39. The van der Waals surface area contributed by atoms with Gasteiger partial charge >= 0.3 is 0 Å². The van der Waals surface area contributed by atoms with Gasteiger partial charge in [-0.3, -0.25) is 4.31 Å². The van der Waals surface area contributed by atoms with Gasteiger partial charge in [0, 0.05) is 28.3 Å². The van der Waals surface area contributed by atoms with Crippen molar-refractivity contribution in [3.8, 4) is 6.07 Å². The third-order valence-electron chi connectivity index (χ3n) is 3.35. The average Bonchev–Trinajstić information content (AvgIpc) is 2.40. The van der Waals surface area contributed by atoms with E-state index < -0.39 is 10.0 Å². The number of hydrogen-bond donors (Lipinski definition) is 0. The number of allylic oxidation sites excluding steroid dienone is 1. The second-order valence-corrected chi connectivity index (χ2v) is 7.76. The lowest BCUT2D eigenvalue weighted by atomic mass is 10.1. The maximum absolute atomic E-state index is 12.5. The molecule has 0 saturated carbocycles. The Morgan fingerprint density at radius 3 is 2.75 bits per heavy atom. The van der Waals surface area contributed by atoms with Gasteiger partial charge in [-0.2, -0.15) is 5.26 Å². The van der Waals surface area contributed by atoms with Crippen molar-refractivity contribution in [2.24, 2.45) is 0 Å². The number of unbranched alkanes of at least 4 members (excludes halogenated alkanes) is 1. The summed E-state index contributed by atoms with van der Waals surface area (Å²) >= 11 is 2.20. The van der Waals surface area contributed by atoms with Crippen LogP contribution >= 0.6 is 22.6 Å². The minimum Gasteiger partial charge on any atom is -0.272 e. The molecule has 0 radical (unpaired) electrons. The number of fused-ring (bicyclic) bond motifs is 1. The zero-order valence-electron chi connectivity index (χ0n) is 11.4. The molecule has 1 heterocycles. The normalized spacial score (nSPS) is 16.8. The first-order valence-corrected chi connectivity index (χ1v) is 8.77. The van der Waals surface area contributed by atoms with Crippen molar-refractivity contribution in [3.63, 3.8) is 0 Å². The van der Waals surface area contributed by atoms with E-state index in [0.29, 0.717) is 24.2 Å². The first-order chi connectivity index (χ1) is 9.39. The van der Waals surface area contributed by atoms with Gasteiger partial charge in [0.15, 0.2) is 0 Å². The van der Waals surface area contributed by atoms with Crippen molar-refractivity contribution in [1.82, 2.24) is 4.31 Å². The van der Waals surface area contributed by atoms with E-state index in [2.05, 4.69) is 28.7 Å². The topological polar surface area (TPSA) is 61.2 Å². The number of aryl methyl sites for hydroxylation is 1. The molecule has 1 aromatic carbocycles. The Hall–Kier alpha value is -1.07. The van der Waals surface area contributed by atoms with E-state index in [-0.39, 0.29) is 0 Å². The van der Waals surface area contributed by atoms with Crippen molar-refractivity contribution in [3.05, 3.63) is 35.0 Å². The fourth-order valence-corrected chi connectivity index (χ4v) is 5.10. The molecule has 4 nitrogen and oxygen atoms in total. The lowest BCUT2D eigenvalue weighted by molar-refractivity contribution is 0.508. The van der Waals surface area contributed by atoms with Crippen LogP contribution in [0.3, 0.4) is 0 Å². The monoisotopic (exact) mass is 402 g/mol. The second-order valence-electron chi connectivity index (χ2n) is 4.74. The van der Waals surface area contributed by atoms with Crippen LogP contribution in [-0.2, 0) is 10.0 Å². The summed E-state index contributed by atoms with van der Waals surface area (Å²) in [6.45, 7) is 1.95. The van der Waals surface area contributed by atoms with E-state index in [1.807, 2.05) is 19.1 Å². The van der Waals surface area contributed by atoms with Gasteiger partial charge in [0.2, 0.25) is 0 Å². The molecule has 1 aromatic rings. The number of benzene rings is 1. The average molecular weight is 402 g/mol. The molecule has 0 aromatic heterocycles. The van der Waals surface area contributed by atoms with Crippen molar-refractivity contribution >= 4 is 36.2 Å². The summed E-state index contributed by atoms with van der Waals surface area (Å²) < 4.78 is 27.4. The highest BCUT2D eigenvalue weighted by Gasteiger charge is 2.33. The molecule has 1 aliphatic rings. The molecule has 0 atom stereocenters. The number of halogens is 1. The summed E-state index contributed by atoms with van der Waals surface area (Å²) in [6, 6.07) is 7.48. The number of nitriles is 1. The summed E-state index contributed by atoms with van der Waals surface area (Å²) in [5.74, 6) is 0. The van der Waals surface area contributed by atoms with Gasteiger partial charge in [0.25, 0.3) is 10.0 Å². The third-order valence-corrected chi connectivity index (χ3v) is 6.40. The van der Waals surface area contributed by atoms with Crippen molar-refractivity contribution in [1.29, 1.82) is 5.26 Å². The first-order valence-electron chi connectivity index (χ1n) is 6.25. The molecule has 0 amide bonds. The van der Waals surface area contributed by atoms with E-state index in [1.165, 1.54) is 4.31 Å². The molecular formula is C14H15IN2O2S. The van der Waals surface area contributed by atoms with Crippen LogP contribution in [-0.4, -0.2) is 19.8 Å². The van der Waals surface area contributed by atoms with Crippen LogP contribution in [0.2, 0.25) is 0 Å². The molecule has 0 unspecified atom stereocenters. The highest BCUT2D eigenvalue weighted by molar-refractivity contribution is 14.1. The predicted molar refractivity (Wildman–Crippen MR) is 86.5 cm³/mol. The van der Waals surface area contributed by atoms with Gasteiger partial charge in [0.1, 0.15) is 0 Å². The summed E-state index contributed by atoms with van der Waals surface area (Å²) in [5, 5.41) is 8.62. The van der Waals surface area contributed by atoms with E-state index in [0.717, 1.165) is 20.4 Å². The molecule has 20 heavy (non-hydrogen) atoms. The van der Waals surface area contributed by atoms with Gasteiger partial charge in [-0.1, -0.05) is 11.6 Å². The quantitative estimate of drug-likeness (QED) is 0.575. The summed E-state index contributed by atoms with van der Waals surface area (Å²) in [5.41, 5.74) is 2.59. The van der Waals surface area contributed by atoms with Gasteiger partial charge in [-0.25, -0.2) is 8.42 Å². The zero-order valence-corrected chi connectivity index (χ0v) is 14.3. The molecule has 2 rings (SSSR count). The highest BCUT2D eigenvalue weighted by Crippen LogP contribution is 2.41. The van der Waals surface area contributed by atoms with Crippen LogP contribution in [0.25, 0.3) is 3.58 Å². The van der Waals surface area contributed by atoms with Gasteiger partial charge in [-0.15, -0.1) is 0 Å². The van der Waals surface area contributed by atoms with Crippen LogP contribution in [0.4, 0.5) is 0 Å². The molecular weight excluding hydrogens is 387 g/mol. The van der Waals surface area contributed by atoms with Gasteiger partial charge in [0.05, 0.1) is 11.0 Å². The Morgan fingerprint density at radius 2 is 2.10 bits per heavy atom. The second kappa shape index (κ2) is 5.74. The summed E-state index contributed by atoms with van der Waals surface area (Å²) in [7, 11) is -1.89. The van der Waals surface area contributed by atoms with E-state index in [1.54, 1.807) is 13.1 Å². The molecule has 0 bridgehead atoms. The molecule has 106 valence electrons. The van der Waals surface area contributed by atoms with E-state index >= 15 is 0 Å². The third kappa shape index (κ3) is 2.56. The largest absolute Gasteiger partial charge is 0.272 e. The molecule has 0 fully saturated rings. The fraction of sp³-hybridized carbons (Fsp3) is 0.357. The van der Waals surface area contributed by atoms with Crippen molar-refractivity contribution in [2.75, 3.05) is 7.05 Å². The van der Waals surface area contributed by atoms with Crippen molar-refractivity contribution < 1.29 is 8.42 Å². The van der Waals surface area contributed by atoms with Gasteiger partial charge in [-0.05, 0) is 54.5 Å². The molecule has 0 spiro atoms. The van der Waals surface area contributed by atoms with Crippen LogP contribution in [0.1, 0.15) is 30.4 Å². The van der Waals surface area contributed by atoms with Gasteiger partial charge < -0.3 is 0 Å². The predicted octanol–water partition coefficient (Wildman–Crippen LogP) is 3.43. The first kappa shape index (κ1) is 15.3. The van der Waals surface area contributed by atoms with Crippen LogP contribution < -0.4 is 0 Å². The van der Waals surface area contributed by atoms with Crippen LogP contribution in [0.15, 0.2) is 28.8 Å². The molecule has 0 aliphatic carbocycles. The molecule has 0 saturated heterocycles. The SMILES string of the molecule is Cc1ccc2c(c1)C(I)=C(CCCC#N)N(C)S2(=O)=O. The zero-order chi connectivity index (χ0) is 14.9. The highest BCUT2D eigenvalue weighted by atomic mass is 127. The van der Waals surface area contributed by atoms with E-state index in [4.69, 9.17) is 5.26 Å².